The first-order valence-electron chi connectivity index (χ1n) is 11.7. The summed E-state index contributed by atoms with van der Waals surface area (Å²) in [5, 5.41) is 6.86. The van der Waals surface area contributed by atoms with Crippen molar-refractivity contribution in [2.45, 2.75) is 32.9 Å². The molecule has 0 unspecified atom stereocenters. The molecular formula is C25H37IN6O. The number of nitrogens with zero attached hydrogens (tertiary/aromatic N) is 4. The molecule has 2 aliphatic rings. The average molecular weight is 565 g/mol. The van der Waals surface area contributed by atoms with Crippen LogP contribution in [0.3, 0.4) is 0 Å². The Labute approximate surface area is 215 Å². The van der Waals surface area contributed by atoms with Gasteiger partial charge < -0.3 is 25.2 Å². The lowest BCUT2D eigenvalue weighted by Gasteiger charge is -2.33. The summed E-state index contributed by atoms with van der Waals surface area (Å²) in [6, 6.07) is 10.6. The highest BCUT2D eigenvalue weighted by Gasteiger charge is 2.22. The highest BCUT2D eigenvalue weighted by molar-refractivity contribution is 14.0. The highest BCUT2D eigenvalue weighted by atomic mass is 127. The molecule has 8 heteroatoms. The number of rotatable bonds is 8. The number of hydrogen-bond donors (Lipinski definition) is 2. The Kier molecular flexibility index (Phi) is 9.61. The Morgan fingerprint density at radius 3 is 2.58 bits per heavy atom. The molecule has 4 rings (SSSR count). The second-order valence-electron chi connectivity index (χ2n) is 8.96. The second-order valence-corrected chi connectivity index (χ2v) is 8.96. The number of nitrogens with one attached hydrogen (secondary N) is 2. The minimum atomic E-state index is 0. The Morgan fingerprint density at radius 1 is 1.09 bits per heavy atom. The first-order chi connectivity index (χ1) is 15.6. The van der Waals surface area contributed by atoms with E-state index in [0.29, 0.717) is 13.1 Å². The summed E-state index contributed by atoms with van der Waals surface area (Å²) in [6.45, 7) is 8.48. The summed E-state index contributed by atoms with van der Waals surface area (Å²) in [5.41, 5.74) is 3.57. The monoisotopic (exact) mass is 564 g/mol. The van der Waals surface area contributed by atoms with E-state index >= 15 is 0 Å². The minimum absolute atomic E-state index is 0. The maximum Gasteiger partial charge on any atom is 0.191 e. The highest BCUT2D eigenvalue weighted by Crippen LogP contribution is 2.30. The molecule has 0 radical (unpaired) electrons. The van der Waals surface area contributed by atoms with E-state index in [1.165, 1.54) is 24.0 Å². The molecule has 1 aliphatic carbocycles. The van der Waals surface area contributed by atoms with Crippen LogP contribution >= 0.6 is 24.0 Å². The maximum atomic E-state index is 6.10. The van der Waals surface area contributed by atoms with Crippen molar-refractivity contribution in [3.05, 3.63) is 53.2 Å². The number of halogens is 1. The van der Waals surface area contributed by atoms with Gasteiger partial charge in [-0.05, 0) is 62.1 Å². The lowest BCUT2D eigenvalue weighted by molar-refractivity contribution is 0.296. The number of anilines is 1. The fraction of sp³-hybridized carbons (Fsp3) is 0.520. The van der Waals surface area contributed by atoms with Gasteiger partial charge in [0.25, 0.3) is 0 Å². The lowest BCUT2D eigenvalue weighted by Crippen LogP contribution is -2.44. The first-order valence-corrected chi connectivity index (χ1v) is 11.7. The molecule has 1 aliphatic heterocycles. The van der Waals surface area contributed by atoms with Crippen molar-refractivity contribution in [3.63, 3.8) is 0 Å². The van der Waals surface area contributed by atoms with Crippen LogP contribution in [0.15, 0.2) is 41.5 Å². The number of aliphatic imine (C=N–C) groups is 1. The van der Waals surface area contributed by atoms with Gasteiger partial charge in [0.05, 0.1) is 6.61 Å². The smallest absolute Gasteiger partial charge is 0.191 e. The summed E-state index contributed by atoms with van der Waals surface area (Å²) in [5.74, 6) is 3.54. The number of hydrogen-bond acceptors (Lipinski definition) is 5. The average Bonchev–Trinajstić information content (AvgIpc) is 3.64. The van der Waals surface area contributed by atoms with Crippen LogP contribution in [0.25, 0.3) is 0 Å². The van der Waals surface area contributed by atoms with Crippen LogP contribution in [0.5, 0.6) is 5.75 Å². The van der Waals surface area contributed by atoms with Gasteiger partial charge in [0.1, 0.15) is 11.6 Å². The van der Waals surface area contributed by atoms with E-state index in [9.17, 15) is 0 Å². The largest absolute Gasteiger partial charge is 0.493 e. The van der Waals surface area contributed by atoms with E-state index in [-0.39, 0.29) is 24.0 Å². The van der Waals surface area contributed by atoms with Crippen molar-refractivity contribution in [3.8, 4) is 5.75 Å². The Hall–Kier alpha value is -2.07. The Bertz CT molecular complexity index is 925. The van der Waals surface area contributed by atoms with Crippen molar-refractivity contribution in [2.75, 3.05) is 51.8 Å². The van der Waals surface area contributed by atoms with E-state index in [1.807, 2.05) is 6.20 Å². The maximum absolute atomic E-state index is 6.10. The predicted molar refractivity (Wildman–Crippen MR) is 146 cm³/mol. The molecule has 2 N–H and O–H groups in total. The van der Waals surface area contributed by atoms with Gasteiger partial charge in [-0.15, -0.1) is 24.0 Å². The third-order valence-electron chi connectivity index (χ3n) is 6.16. The van der Waals surface area contributed by atoms with Crippen LogP contribution < -0.4 is 20.3 Å². The number of likely N-dealkylation sites (N-methyl/N-ethyl adjacent to an activating group) is 1. The molecule has 2 fully saturated rings. The number of benzene rings is 1. The van der Waals surface area contributed by atoms with E-state index in [1.54, 1.807) is 7.05 Å². The molecule has 7 nitrogen and oxygen atoms in total. The molecule has 1 aromatic heterocycles. The molecule has 180 valence electrons. The van der Waals surface area contributed by atoms with E-state index in [0.717, 1.165) is 61.8 Å². The van der Waals surface area contributed by atoms with Crippen molar-refractivity contribution in [1.82, 2.24) is 20.5 Å². The van der Waals surface area contributed by atoms with Crippen molar-refractivity contribution < 1.29 is 4.74 Å². The van der Waals surface area contributed by atoms with Crippen LogP contribution in [0.1, 0.15) is 29.5 Å². The molecule has 2 aromatic rings. The fourth-order valence-electron chi connectivity index (χ4n) is 3.80. The second kappa shape index (κ2) is 12.4. The minimum Gasteiger partial charge on any atom is -0.493 e. The third-order valence-corrected chi connectivity index (χ3v) is 6.16. The SMILES string of the molecule is CN=C(NCc1ccnc(N2CCN(C)CC2)c1)NCc1ccc(C)cc1OCC1CC1.I. The topological polar surface area (TPSA) is 65.0 Å². The summed E-state index contributed by atoms with van der Waals surface area (Å²) in [6.07, 6.45) is 4.49. The molecule has 0 atom stereocenters. The molecule has 2 heterocycles. The predicted octanol–water partition coefficient (Wildman–Crippen LogP) is 3.41. The lowest BCUT2D eigenvalue weighted by atomic mass is 10.1. The third kappa shape index (κ3) is 7.74. The van der Waals surface area contributed by atoms with Gasteiger partial charge in [0.15, 0.2) is 5.96 Å². The zero-order valence-corrected chi connectivity index (χ0v) is 22.3. The summed E-state index contributed by atoms with van der Waals surface area (Å²) >= 11 is 0. The molecule has 1 aromatic carbocycles. The number of guanidine groups is 1. The van der Waals surface area contributed by atoms with E-state index in [4.69, 9.17) is 4.74 Å². The van der Waals surface area contributed by atoms with Gasteiger partial charge >= 0.3 is 0 Å². The number of piperazine rings is 1. The summed E-state index contributed by atoms with van der Waals surface area (Å²) in [4.78, 5) is 13.7. The summed E-state index contributed by atoms with van der Waals surface area (Å²) in [7, 11) is 3.97. The van der Waals surface area contributed by atoms with Crippen LogP contribution in [-0.4, -0.2) is 62.7 Å². The Balaban J connectivity index is 0.00000306. The molecule has 0 amide bonds. The van der Waals surface area contributed by atoms with Gasteiger partial charge in [-0.3, -0.25) is 4.99 Å². The van der Waals surface area contributed by atoms with Crippen molar-refractivity contribution in [1.29, 1.82) is 0 Å². The molecular weight excluding hydrogens is 527 g/mol. The van der Waals surface area contributed by atoms with E-state index in [2.05, 4.69) is 74.7 Å². The molecule has 1 saturated heterocycles. The first kappa shape index (κ1) is 25.6. The molecule has 0 bridgehead atoms. The number of pyridine rings is 1. The van der Waals surface area contributed by atoms with Crippen LogP contribution in [0, 0.1) is 12.8 Å². The van der Waals surface area contributed by atoms with Crippen molar-refractivity contribution >= 4 is 35.8 Å². The number of ether oxygens (including phenoxy) is 1. The van der Waals surface area contributed by atoms with Crippen molar-refractivity contribution in [2.24, 2.45) is 10.9 Å². The van der Waals surface area contributed by atoms with Crippen LogP contribution in [-0.2, 0) is 13.1 Å². The zero-order chi connectivity index (χ0) is 22.3. The van der Waals surface area contributed by atoms with Gasteiger partial charge in [0, 0.05) is 58.1 Å². The normalized spacial score (nSPS) is 16.8. The zero-order valence-electron chi connectivity index (χ0n) is 20.0. The molecule has 33 heavy (non-hydrogen) atoms. The van der Waals surface area contributed by atoms with E-state index < -0.39 is 0 Å². The van der Waals surface area contributed by atoms with Gasteiger partial charge in [-0.25, -0.2) is 4.98 Å². The fourth-order valence-corrected chi connectivity index (χ4v) is 3.80. The standard InChI is InChI=1S/C25H36N6O.HI/c1-19-4-7-22(23(14-19)32-18-20-5-6-20)17-29-25(26-2)28-16-21-8-9-27-24(15-21)31-12-10-30(3)11-13-31;/h4,7-9,14-15,20H,5-6,10-13,16-18H2,1-3H3,(H2,26,28,29);1H. The number of aryl methyl sites for hydroxylation is 1. The van der Waals surface area contributed by atoms with Crippen LogP contribution in [0.2, 0.25) is 0 Å². The van der Waals surface area contributed by atoms with Gasteiger partial charge in [0.2, 0.25) is 0 Å². The quantitative estimate of drug-likeness (QED) is 0.291. The van der Waals surface area contributed by atoms with Gasteiger partial charge in [-0.1, -0.05) is 12.1 Å². The molecule has 1 saturated carbocycles. The van der Waals surface area contributed by atoms with Crippen LogP contribution in [0.4, 0.5) is 5.82 Å². The Morgan fingerprint density at radius 2 is 1.85 bits per heavy atom. The molecule has 0 spiro atoms. The number of aromatic nitrogens is 1. The van der Waals surface area contributed by atoms with Gasteiger partial charge in [-0.2, -0.15) is 0 Å². The summed E-state index contributed by atoms with van der Waals surface area (Å²) < 4.78 is 6.10.